The van der Waals surface area contributed by atoms with E-state index >= 15 is 0 Å². The molecule has 1 rings (SSSR count). The summed E-state index contributed by atoms with van der Waals surface area (Å²) in [6, 6.07) is 5.41. The number of carbonyl (C=O) groups is 1. The Bertz CT molecular complexity index is 419. The number of rotatable bonds is 5. The summed E-state index contributed by atoms with van der Waals surface area (Å²) in [5, 5.41) is 12.3. The summed E-state index contributed by atoms with van der Waals surface area (Å²) in [5.74, 6) is 0.333. The van der Waals surface area contributed by atoms with Crippen LogP contribution in [-0.2, 0) is 4.79 Å². The molecule has 0 heterocycles. The van der Waals surface area contributed by atoms with E-state index in [0.29, 0.717) is 11.3 Å². The number of amides is 1. The monoisotopic (exact) mass is 315 g/mol. The molecule has 0 spiro atoms. The van der Waals surface area contributed by atoms with Crippen molar-refractivity contribution in [3.8, 4) is 5.75 Å². The fourth-order valence-corrected chi connectivity index (χ4v) is 1.83. The molecule has 0 radical (unpaired) electrons. The molecule has 5 heteroatoms. The van der Waals surface area contributed by atoms with E-state index < -0.39 is 6.10 Å². The fourth-order valence-electron chi connectivity index (χ4n) is 1.49. The molecule has 0 aliphatic heterocycles. The quantitative estimate of drug-likeness (QED) is 0.877. The molecule has 1 amide bonds. The Kier molecular flexibility index (Phi) is 5.62. The minimum atomic E-state index is -0.638. The van der Waals surface area contributed by atoms with Crippen molar-refractivity contribution < 1.29 is 14.6 Å². The summed E-state index contributed by atoms with van der Waals surface area (Å²) in [4.78, 5) is 11.5. The van der Waals surface area contributed by atoms with E-state index in [1.807, 2.05) is 19.9 Å². The third-order valence-electron chi connectivity index (χ3n) is 2.23. The summed E-state index contributed by atoms with van der Waals surface area (Å²) in [7, 11) is 0. The molecular formula is C13H18BrNO3. The van der Waals surface area contributed by atoms with Crippen LogP contribution in [0, 0.1) is 0 Å². The van der Waals surface area contributed by atoms with Crippen molar-refractivity contribution in [1.82, 2.24) is 5.32 Å². The Labute approximate surface area is 115 Å². The molecule has 0 fully saturated rings. The maximum atomic E-state index is 11.5. The highest BCUT2D eigenvalue weighted by Crippen LogP contribution is 2.28. The normalized spacial score (nSPS) is 12.3. The Morgan fingerprint density at radius 3 is 2.67 bits per heavy atom. The highest BCUT2D eigenvalue weighted by atomic mass is 79.9. The average molecular weight is 316 g/mol. The Morgan fingerprint density at radius 1 is 1.44 bits per heavy atom. The number of halogens is 1. The molecule has 0 saturated carbocycles. The standard InChI is InChI=1S/C13H18BrNO3/c1-8(2)15-13(17)7-18-12-6-10(14)4-5-11(12)9(3)16/h4-6,8-9,16H,7H2,1-3H3,(H,15,17)/t9-/m0/s1. The second-order valence-corrected chi connectivity index (χ2v) is 5.28. The van der Waals surface area contributed by atoms with Crippen molar-refractivity contribution in [2.75, 3.05) is 6.61 Å². The third-order valence-corrected chi connectivity index (χ3v) is 2.73. The minimum Gasteiger partial charge on any atom is -0.483 e. The van der Waals surface area contributed by atoms with Gasteiger partial charge in [-0.3, -0.25) is 4.79 Å². The number of benzene rings is 1. The van der Waals surface area contributed by atoms with Gasteiger partial charge in [-0.05, 0) is 32.9 Å². The van der Waals surface area contributed by atoms with Crippen molar-refractivity contribution in [3.05, 3.63) is 28.2 Å². The van der Waals surface area contributed by atoms with E-state index in [4.69, 9.17) is 4.74 Å². The van der Waals surface area contributed by atoms with E-state index in [9.17, 15) is 9.90 Å². The smallest absolute Gasteiger partial charge is 0.258 e. The molecule has 4 nitrogen and oxygen atoms in total. The van der Waals surface area contributed by atoms with Crippen LogP contribution in [0.3, 0.4) is 0 Å². The van der Waals surface area contributed by atoms with Crippen molar-refractivity contribution in [2.24, 2.45) is 0 Å². The molecule has 0 aliphatic rings. The van der Waals surface area contributed by atoms with Gasteiger partial charge in [0.15, 0.2) is 6.61 Å². The first kappa shape index (κ1) is 15.0. The SMILES string of the molecule is CC(C)NC(=O)COc1cc(Br)ccc1[C@H](C)O. The maximum Gasteiger partial charge on any atom is 0.258 e. The third kappa shape index (κ3) is 4.66. The van der Waals surface area contributed by atoms with Crippen LogP contribution < -0.4 is 10.1 Å². The predicted molar refractivity (Wildman–Crippen MR) is 73.5 cm³/mol. The van der Waals surface area contributed by atoms with Crippen LogP contribution in [0.15, 0.2) is 22.7 Å². The molecule has 2 N–H and O–H groups in total. The zero-order valence-corrected chi connectivity index (χ0v) is 12.3. The molecule has 0 unspecified atom stereocenters. The highest BCUT2D eigenvalue weighted by molar-refractivity contribution is 9.10. The second kappa shape index (κ2) is 6.75. The lowest BCUT2D eigenvalue weighted by Crippen LogP contribution is -2.34. The second-order valence-electron chi connectivity index (χ2n) is 4.37. The zero-order valence-electron chi connectivity index (χ0n) is 10.7. The molecule has 1 aromatic rings. The van der Waals surface area contributed by atoms with Crippen LogP contribution in [0.25, 0.3) is 0 Å². The molecule has 0 aliphatic carbocycles. The number of nitrogens with one attached hydrogen (secondary N) is 1. The van der Waals surface area contributed by atoms with E-state index in [-0.39, 0.29) is 18.6 Å². The molecule has 0 saturated heterocycles. The van der Waals surface area contributed by atoms with E-state index in [1.54, 1.807) is 19.1 Å². The van der Waals surface area contributed by atoms with Gasteiger partial charge in [-0.2, -0.15) is 0 Å². The first-order valence-corrected chi connectivity index (χ1v) is 6.59. The van der Waals surface area contributed by atoms with Gasteiger partial charge in [-0.1, -0.05) is 22.0 Å². The number of hydrogen-bond donors (Lipinski definition) is 2. The van der Waals surface area contributed by atoms with Crippen LogP contribution in [-0.4, -0.2) is 23.7 Å². The molecule has 18 heavy (non-hydrogen) atoms. The molecular weight excluding hydrogens is 298 g/mol. The van der Waals surface area contributed by atoms with Gasteiger partial charge < -0.3 is 15.2 Å². The van der Waals surface area contributed by atoms with Crippen molar-refractivity contribution in [2.45, 2.75) is 32.9 Å². The largest absolute Gasteiger partial charge is 0.483 e. The summed E-state index contributed by atoms with van der Waals surface area (Å²) in [5.41, 5.74) is 0.663. The molecule has 1 atom stereocenters. The maximum absolute atomic E-state index is 11.5. The topological polar surface area (TPSA) is 58.6 Å². The van der Waals surface area contributed by atoms with Gasteiger partial charge in [0.25, 0.3) is 5.91 Å². The van der Waals surface area contributed by atoms with Gasteiger partial charge in [0.2, 0.25) is 0 Å². The minimum absolute atomic E-state index is 0.0612. The summed E-state index contributed by atoms with van der Waals surface area (Å²) < 4.78 is 6.28. The summed E-state index contributed by atoms with van der Waals surface area (Å²) in [6.07, 6.45) is -0.638. The lowest BCUT2D eigenvalue weighted by molar-refractivity contribution is -0.123. The van der Waals surface area contributed by atoms with Gasteiger partial charge >= 0.3 is 0 Å². The first-order valence-electron chi connectivity index (χ1n) is 5.80. The molecule has 0 aromatic heterocycles. The number of aliphatic hydroxyl groups excluding tert-OH is 1. The van der Waals surface area contributed by atoms with Crippen LogP contribution in [0.4, 0.5) is 0 Å². The number of hydrogen-bond acceptors (Lipinski definition) is 3. The van der Waals surface area contributed by atoms with Crippen molar-refractivity contribution in [1.29, 1.82) is 0 Å². The predicted octanol–water partition coefficient (Wildman–Crippen LogP) is 2.41. The number of ether oxygens (including phenoxy) is 1. The van der Waals surface area contributed by atoms with E-state index in [0.717, 1.165) is 4.47 Å². The lowest BCUT2D eigenvalue weighted by Gasteiger charge is -2.14. The molecule has 1 aromatic carbocycles. The van der Waals surface area contributed by atoms with Gasteiger partial charge in [0.05, 0.1) is 6.10 Å². The zero-order chi connectivity index (χ0) is 13.7. The van der Waals surface area contributed by atoms with Gasteiger partial charge in [0.1, 0.15) is 5.75 Å². The van der Waals surface area contributed by atoms with Crippen molar-refractivity contribution >= 4 is 21.8 Å². The van der Waals surface area contributed by atoms with Crippen LogP contribution in [0.2, 0.25) is 0 Å². The van der Waals surface area contributed by atoms with E-state index in [1.165, 1.54) is 0 Å². The van der Waals surface area contributed by atoms with Crippen LogP contribution in [0.5, 0.6) is 5.75 Å². The Morgan fingerprint density at radius 2 is 2.11 bits per heavy atom. The van der Waals surface area contributed by atoms with Gasteiger partial charge in [0, 0.05) is 16.1 Å². The summed E-state index contributed by atoms with van der Waals surface area (Å²) in [6.45, 7) is 5.37. The first-order chi connectivity index (χ1) is 8.40. The fraction of sp³-hybridized carbons (Fsp3) is 0.462. The molecule has 0 bridgehead atoms. The average Bonchev–Trinajstić information content (AvgIpc) is 2.25. The van der Waals surface area contributed by atoms with Crippen molar-refractivity contribution in [3.63, 3.8) is 0 Å². The highest BCUT2D eigenvalue weighted by Gasteiger charge is 2.11. The lowest BCUT2D eigenvalue weighted by atomic mass is 10.1. The summed E-state index contributed by atoms with van der Waals surface area (Å²) >= 11 is 3.33. The Balaban J connectivity index is 2.71. The number of carbonyl (C=O) groups excluding carboxylic acids is 1. The number of aliphatic hydroxyl groups is 1. The van der Waals surface area contributed by atoms with Crippen LogP contribution in [0.1, 0.15) is 32.4 Å². The Hall–Kier alpha value is -1.07. The van der Waals surface area contributed by atoms with Crippen LogP contribution >= 0.6 is 15.9 Å². The van der Waals surface area contributed by atoms with Gasteiger partial charge in [-0.15, -0.1) is 0 Å². The van der Waals surface area contributed by atoms with Gasteiger partial charge in [-0.25, -0.2) is 0 Å². The van der Waals surface area contributed by atoms with E-state index in [2.05, 4.69) is 21.2 Å². The molecule has 100 valence electrons.